The molecule has 212 valence electrons. The van der Waals surface area contributed by atoms with Crippen LogP contribution in [0.5, 0.6) is 0 Å². The van der Waals surface area contributed by atoms with Crippen LogP contribution in [0.25, 0.3) is 0 Å². The lowest BCUT2D eigenvalue weighted by molar-refractivity contribution is -0.417. The molecule has 37 heavy (non-hydrogen) atoms. The summed E-state index contributed by atoms with van der Waals surface area (Å²) in [7, 11) is 3.83. The second-order valence-corrected chi connectivity index (χ2v) is 5.86. The van der Waals surface area contributed by atoms with Crippen LogP contribution in [0.4, 0.5) is 11.4 Å². The van der Waals surface area contributed by atoms with Crippen molar-refractivity contribution in [1.82, 2.24) is 0 Å². The van der Waals surface area contributed by atoms with Crippen LogP contribution in [0.1, 0.15) is 94.2 Å². The average molecular weight is 513 g/mol. The van der Waals surface area contributed by atoms with Crippen molar-refractivity contribution in [2.24, 2.45) is 4.99 Å². The lowest BCUT2D eigenvalue weighted by Gasteiger charge is -1.99. The number of rotatable bonds is 2. The zero-order valence-electron chi connectivity index (χ0n) is 27.4. The Hall–Kier alpha value is -2.94. The lowest BCUT2D eigenvalue weighted by Crippen LogP contribution is -2.67. The first-order valence-corrected chi connectivity index (χ1v) is 14.4. The summed E-state index contributed by atoms with van der Waals surface area (Å²) >= 11 is 0. The van der Waals surface area contributed by atoms with E-state index in [1.54, 1.807) is 0 Å². The van der Waals surface area contributed by atoms with Crippen LogP contribution >= 0.6 is 0 Å². The van der Waals surface area contributed by atoms with Crippen LogP contribution < -0.4 is 10.3 Å². The minimum atomic E-state index is 0.975. The number of benzene rings is 2. The quantitative estimate of drug-likeness (QED) is 0.386. The Morgan fingerprint density at radius 2 is 0.892 bits per heavy atom. The van der Waals surface area contributed by atoms with E-state index in [0.29, 0.717) is 0 Å². The fourth-order valence-corrected chi connectivity index (χ4v) is 2.19. The molecule has 0 aliphatic heterocycles. The Balaban J connectivity index is -0.000000139. The summed E-state index contributed by atoms with van der Waals surface area (Å²) in [5.74, 6) is 0. The van der Waals surface area contributed by atoms with Gasteiger partial charge in [-0.25, -0.2) is 9.98 Å². The maximum Gasteiger partial charge on any atom is 0.198 e. The molecule has 2 N–H and O–H groups in total. The third-order valence-electron chi connectivity index (χ3n) is 3.79. The molecule has 0 unspecified atom stereocenters. The van der Waals surface area contributed by atoms with Gasteiger partial charge in [0.25, 0.3) is 0 Å². The van der Waals surface area contributed by atoms with Gasteiger partial charge in [-0.3, -0.25) is 0 Å². The monoisotopic (exact) mass is 512 g/mol. The van der Waals surface area contributed by atoms with Crippen LogP contribution in [0.15, 0.2) is 77.8 Å². The molecule has 0 bridgehead atoms. The van der Waals surface area contributed by atoms with E-state index in [4.69, 9.17) is 0 Å². The van der Waals surface area contributed by atoms with E-state index in [1.165, 1.54) is 16.8 Å². The van der Waals surface area contributed by atoms with Gasteiger partial charge in [-0.1, -0.05) is 118 Å². The summed E-state index contributed by atoms with van der Waals surface area (Å²) in [6.45, 7) is 28.2. The van der Waals surface area contributed by atoms with Crippen molar-refractivity contribution in [2.45, 2.75) is 96.9 Å². The van der Waals surface area contributed by atoms with E-state index in [0.717, 1.165) is 17.1 Å². The fourth-order valence-electron chi connectivity index (χ4n) is 2.19. The van der Waals surface area contributed by atoms with Gasteiger partial charge < -0.3 is 5.32 Å². The molecule has 0 atom stereocenters. The van der Waals surface area contributed by atoms with Gasteiger partial charge in [0.1, 0.15) is 7.05 Å². The normalized spacial score (nSPS) is 9.30. The number of nitrogens with one attached hydrogen (secondary N) is 2. The van der Waals surface area contributed by atoms with E-state index in [2.05, 4.69) is 65.5 Å². The maximum atomic E-state index is 4.53. The Bertz CT molecular complexity index is 776. The highest BCUT2D eigenvalue weighted by Gasteiger charge is 2.01. The van der Waals surface area contributed by atoms with Crippen molar-refractivity contribution in [3.8, 4) is 0 Å². The first kappa shape index (κ1) is 44.1. The highest BCUT2D eigenvalue weighted by atomic mass is 14.8. The zero-order chi connectivity index (χ0) is 30.1. The van der Waals surface area contributed by atoms with Crippen LogP contribution in [0, 0.1) is 13.8 Å². The Labute approximate surface area is 233 Å². The zero-order valence-corrected chi connectivity index (χ0v) is 27.4. The highest BCUT2D eigenvalue weighted by Crippen LogP contribution is 2.14. The molecular formula is C34H62N3+. The molecule has 0 heterocycles. The van der Waals surface area contributed by atoms with Gasteiger partial charge in [-0.15, -0.1) is 0 Å². The molecule has 3 rings (SSSR count). The lowest BCUT2D eigenvalue weighted by atomic mass is 10.1. The second-order valence-electron chi connectivity index (χ2n) is 5.86. The summed E-state index contributed by atoms with van der Waals surface area (Å²) in [5, 5.41) is 3.05. The summed E-state index contributed by atoms with van der Waals surface area (Å²) < 4.78 is 0. The van der Waals surface area contributed by atoms with E-state index < -0.39 is 0 Å². The minimum absolute atomic E-state index is 0.975. The van der Waals surface area contributed by atoms with Gasteiger partial charge in [-0.2, -0.15) is 0 Å². The van der Waals surface area contributed by atoms with Crippen LogP contribution in [0.2, 0.25) is 0 Å². The molecule has 2 aromatic carbocycles. The molecule has 1 aliphatic rings. The molecule has 1 aliphatic carbocycles. The van der Waals surface area contributed by atoms with Gasteiger partial charge in [0.05, 0.1) is 11.4 Å². The van der Waals surface area contributed by atoms with E-state index in [9.17, 15) is 0 Å². The van der Waals surface area contributed by atoms with Gasteiger partial charge in [-0.05, 0) is 50.3 Å². The summed E-state index contributed by atoms with van der Waals surface area (Å²) in [6.07, 6.45) is 8.05. The Kier molecular flexibility index (Phi) is 44.8. The first-order valence-electron chi connectivity index (χ1n) is 14.4. The van der Waals surface area contributed by atoms with Crippen LogP contribution in [0.3, 0.4) is 0 Å². The van der Waals surface area contributed by atoms with Gasteiger partial charge in [0.15, 0.2) is 5.71 Å². The largest absolute Gasteiger partial charge is 0.388 e. The summed E-state index contributed by atoms with van der Waals surface area (Å²) in [6, 6.07) is 16.5. The first-order chi connectivity index (χ1) is 18.1. The Morgan fingerprint density at radius 3 is 1.22 bits per heavy atom. The molecule has 0 saturated heterocycles. The molecular weight excluding hydrogens is 450 g/mol. The van der Waals surface area contributed by atoms with Crippen molar-refractivity contribution in [2.75, 3.05) is 19.4 Å². The van der Waals surface area contributed by atoms with Crippen molar-refractivity contribution in [3.63, 3.8) is 0 Å². The molecule has 3 heteroatoms. The number of anilines is 1. The van der Waals surface area contributed by atoms with Gasteiger partial charge in [0.2, 0.25) is 0 Å². The predicted octanol–water partition coefficient (Wildman–Crippen LogP) is 9.54. The second kappa shape index (κ2) is 37.6. The topological polar surface area (TPSA) is 38.4 Å². The van der Waals surface area contributed by atoms with Crippen molar-refractivity contribution in [1.29, 1.82) is 0 Å². The molecule has 3 nitrogen and oxygen atoms in total. The molecule has 0 fully saturated rings. The van der Waals surface area contributed by atoms with Crippen LogP contribution in [-0.2, 0) is 0 Å². The molecule has 0 aromatic heterocycles. The number of nitrogens with zero attached hydrogens (tertiary/aromatic N) is 1. The van der Waals surface area contributed by atoms with Crippen molar-refractivity contribution < 1.29 is 4.99 Å². The van der Waals surface area contributed by atoms with Crippen LogP contribution in [-0.4, -0.2) is 25.5 Å². The number of hydrogen-bond donors (Lipinski definition) is 2. The van der Waals surface area contributed by atoms with E-state index in [1.807, 2.05) is 134 Å². The maximum absolute atomic E-state index is 4.53. The Morgan fingerprint density at radius 1 is 0.541 bits per heavy atom. The van der Waals surface area contributed by atoms with E-state index >= 15 is 0 Å². The van der Waals surface area contributed by atoms with Crippen molar-refractivity contribution in [3.05, 3.63) is 84.0 Å². The number of hydrogen-bond acceptors (Lipinski definition) is 2. The predicted molar refractivity (Wildman–Crippen MR) is 177 cm³/mol. The van der Waals surface area contributed by atoms with E-state index in [-0.39, 0.29) is 0 Å². The summed E-state index contributed by atoms with van der Waals surface area (Å²) in [4.78, 5) is 7.61. The fraction of sp³-hybridized carbons (Fsp3) is 0.471. The minimum Gasteiger partial charge on any atom is -0.388 e. The average Bonchev–Trinajstić information content (AvgIpc) is 3.01. The molecule has 0 saturated carbocycles. The molecule has 0 spiro atoms. The molecule has 0 amide bonds. The SMILES string of the molecule is CC.CC.CC.CC.CC.CC.CNc1ccc(C)cc1.C[NH+]=C1C=CC(=Nc2ccc(C)cc2)C=C1. The number of allylic oxidation sites excluding steroid dienone is 4. The van der Waals surface area contributed by atoms with Gasteiger partial charge >= 0.3 is 0 Å². The smallest absolute Gasteiger partial charge is 0.198 e. The van der Waals surface area contributed by atoms with Crippen molar-refractivity contribution >= 4 is 22.8 Å². The van der Waals surface area contributed by atoms with Gasteiger partial charge in [0, 0.05) is 24.9 Å². The number of aryl methyl sites for hydroxylation is 2. The molecule has 2 aromatic rings. The highest BCUT2D eigenvalue weighted by molar-refractivity contribution is 6.17. The number of aliphatic imine (C=N–C) groups is 1. The third-order valence-corrected chi connectivity index (χ3v) is 3.79. The molecule has 0 radical (unpaired) electrons. The summed E-state index contributed by atoms with van der Waals surface area (Å²) in [5.41, 5.74) is 6.78. The third kappa shape index (κ3) is 25.9. The standard InChI is InChI=1S/C14H14N2.C8H11N.6C2H6/c1-11-3-5-13(6-4-11)16-14-9-7-12(15-2)8-10-14;1-7-3-5-8(9-2)6-4-7;6*1-2/h3-10H,1-2H3;3-6,9H,1-2H3;6*1-2H3/p+1.